The maximum Gasteiger partial charge on any atom is 2.00 e. The van der Waals surface area contributed by atoms with Gasteiger partial charge in [0, 0.05) is 17.1 Å². The van der Waals surface area contributed by atoms with E-state index in [-0.39, 0.29) is 63.1 Å². The van der Waals surface area contributed by atoms with Crippen molar-refractivity contribution >= 4 is 7.82 Å². The van der Waals surface area contributed by atoms with Crippen LogP contribution in [0.5, 0.6) is 0 Å². The largest absolute Gasteiger partial charge is 2.00 e. The van der Waals surface area contributed by atoms with Crippen LogP contribution >= 0.6 is 7.82 Å². The predicted octanol–water partition coefficient (Wildman–Crippen LogP) is -5.83. The molecule has 0 unspecified atom stereocenters. The molecule has 0 aliphatic carbocycles. The summed E-state index contributed by atoms with van der Waals surface area (Å²) >= 11 is 0. The van der Waals surface area contributed by atoms with Gasteiger partial charge in [0.2, 0.25) is 0 Å². The summed E-state index contributed by atoms with van der Waals surface area (Å²) in [6, 6.07) is 0. The van der Waals surface area contributed by atoms with E-state index in [1.807, 2.05) is 0 Å². The van der Waals surface area contributed by atoms with Gasteiger partial charge in [-0.15, -0.1) is 0 Å². The summed E-state index contributed by atoms with van der Waals surface area (Å²) < 4.78 is 8.55. The molecule has 0 saturated carbocycles. The minimum absolute atomic E-state index is 0. The van der Waals surface area contributed by atoms with Gasteiger partial charge in [0.05, 0.1) is 0 Å². The predicted molar refractivity (Wildman–Crippen MR) is 7.61 cm³/mol. The van der Waals surface area contributed by atoms with Crippen molar-refractivity contribution in [1.82, 2.24) is 0 Å². The molecule has 0 heterocycles. The fourth-order valence-corrected chi connectivity index (χ4v) is 0. The van der Waals surface area contributed by atoms with Crippen molar-refractivity contribution in [2.24, 2.45) is 0 Å². The van der Waals surface area contributed by atoms with Gasteiger partial charge in [-0.3, -0.25) is 0 Å². The third-order valence-electron chi connectivity index (χ3n) is 0. The molecule has 0 aromatic rings. The van der Waals surface area contributed by atoms with Crippen molar-refractivity contribution in [2.75, 3.05) is 0 Å². The van der Waals surface area contributed by atoms with Gasteiger partial charge in [-0.1, -0.05) is 0 Å². The first-order valence-electron chi connectivity index (χ1n) is 0.730. The van der Waals surface area contributed by atoms with Crippen molar-refractivity contribution in [3.63, 3.8) is 0 Å². The Morgan fingerprint density at radius 1 is 1.12 bits per heavy atom. The van der Waals surface area contributed by atoms with Crippen LogP contribution < -0.4 is 44.2 Å². The summed E-state index contributed by atoms with van der Waals surface area (Å²) in [5.41, 5.74) is 0. The third kappa shape index (κ3) is 91.4. The molecule has 0 radical (unpaired) electrons. The van der Waals surface area contributed by atoms with Crippen LogP contribution in [0, 0.1) is 0 Å². The molecular formula is FeNaNiO4P. The van der Waals surface area contributed by atoms with Gasteiger partial charge in [0.15, 0.2) is 0 Å². The van der Waals surface area contributed by atoms with E-state index in [2.05, 4.69) is 0 Å². The van der Waals surface area contributed by atoms with Crippen molar-refractivity contribution < 1.29 is 82.4 Å². The molecule has 0 amide bonds. The number of hydrogen-bond acceptors (Lipinski definition) is 4. The Bertz CT molecular complexity index is 62.2. The van der Waals surface area contributed by atoms with E-state index >= 15 is 0 Å². The smallest absolute Gasteiger partial charge is 0.822 e. The fourth-order valence-electron chi connectivity index (χ4n) is 0. The molecule has 0 fully saturated rings. The number of rotatable bonds is 0. The molecule has 0 aromatic heterocycles. The SMILES string of the molecule is O=P([O-])([O-])[O-].[Fe].[Na+].[Ni+2]. The quantitative estimate of drug-likeness (QED) is 0.308. The first kappa shape index (κ1) is 22.5. The summed E-state index contributed by atoms with van der Waals surface area (Å²) in [6.07, 6.45) is 0. The molecule has 4 nitrogen and oxygen atoms in total. The minimum Gasteiger partial charge on any atom is -0.822 e. The molecule has 0 rings (SSSR count). The molecule has 8 heavy (non-hydrogen) atoms. The molecule has 0 aromatic carbocycles. The van der Waals surface area contributed by atoms with E-state index in [0.29, 0.717) is 0 Å². The molecular weight excluding hydrogens is 232 g/mol. The summed E-state index contributed by atoms with van der Waals surface area (Å²) in [4.78, 5) is 25.6. The third-order valence-corrected chi connectivity index (χ3v) is 0. The van der Waals surface area contributed by atoms with Crippen molar-refractivity contribution in [3.05, 3.63) is 0 Å². The molecule has 0 bridgehead atoms. The van der Waals surface area contributed by atoms with E-state index in [0.717, 1.165) is 0 Å². The van der Waals surface area contributed by atoms with Gasteiger partial charge in [-0.25, -0.2) is 0 Å². The van der Waals surface area contributed by atoms with E-state index in [1.54, 1.807) is 0 Å². The second-order valence-electron chi connectivity index (χ2n) is 0.447. The normalized spacial score (nSPS) is 7.38. The van der Waals surface area contributed by atoms with Crippen LogP contribution in [0.1, 0.15) is 0 Å². The van der Waals surface area contributed by atoms with E-state index in [9.17, 15) is 0 Å². The molecule has 0 N–H and O–H groups in total. The monoisotopic (exact) mass is 232 g/mol. The first-order chi connectivity index (χ1) is 2.00. The van der Waals surface area contributed by atoms with E-state index < -0.39 is 7.82 Å². The van der Waals surface area contributed by atoms with Gasteiger partial charge in [-0.05, 0) is 0 Å². The Labute approximate surface area is 89.4 Å². The van der Waals surface area contributed by atoms with Gasteiger partial charge in [0.25, 0.3) is 0 Å². The van der Waals surface area contributed by atoms with Crippen LogP contribution in [-0.2, 0) is 38.1 Å². The Kier molecular flexibility index (Phi) is 25.6. The van der Waals surface area contributed by atoms with Crippen LogP contribution in [-0.4, -0.2) is 0 Å². The maximum atomic E-state index is 8.55. The van der Waals surface area contributed by atoms with Gasteiger partial charge < -0.3 is 19.2 Å². The van der Waals surface area contributed by atoms with Crippen LogP contribution in [0.4, 0.5) is 0 Å². The number of hydrogen-bond donors (Lipinski definition) is 0. The summed E-state index contributed by atoms with van der Waals surface area (Å²) in [5.74, 6) is 0. The van der Waals surface area contributed by atoms with Crippen molar-refractivity contribution in [1.29, 1.82) is 0 Å². The van der Waals surface area contributed by atoms with Crippen LogP contribution in [0.25, 0.3) is 0 Å². The topological polar surface area (TPSA) is 86.2 Å². The second-order valence-corrected chi connectivity index (χ2v) is 1.34. The first-order valence-corrected chi connectivity index (χ1v) is 2.19. The van der Waals surface area contributed by atoms with Crippen molar-refractivity contribution in [2.45, 2.75) is 0 Å². The van der Waals surface area contributed by atoms with Crippen LogP contribution in [0.2, 0.25) is 0 Å². The molecule has 0 saturated heterocycles. The maximum absolute atomic E-state index is 8.55. The molecule has 8 heteroatoms. The minimum atomic E-state index is -5.39. The van der Waals surface area contributed by atoms with Crippen LogP contribution in [0.3, 0.4) is 0 Å². The Morgan fingerprint density at radius 2 is 1.12 bits per heavy atom. The van der Waals surface area contributed by atoms with E-state index in [4.69, 9.17) is 19.2 Å². The zero-order valence-electron chi connectivity index (χ0n) is 3.75. The molecule has 0 aliphatic rings. The fraction of sp³-hybridized carbons (Fsp3) is 0. The Balaban J connectivity index is -0.0000000267. The summed E-state index contributed by atoms with van der Waals surface area (Å²) in [7, 11) is -5.39. The zero-order valence-corrected chi connectivity index (χ0v) is 8.74. The van der Waals surface area contributed by atoms with Gasteiger partial charge in [0.1, 0.15) is 0 Å². The van der Waals surface area contributed by atoms with Gasteiger partial charge >= 0.3 is 46.0 Å². The molecule has 48 valence electrons. The Morgan fingerprint density at radius 3 is 1.12 bits per heavy atom. The number of phosphoric acid groups is 1. The van der Waals surface area contributed by atoms with Crippen molar-refractivity contribution in [3.8, 4) is 0 Å². The summed E-state index contributed by atoms with van der Waals surface area (Å²) in [5, 5.41) is 0. The van der Waals surface area contributed by atoms with E-state index in [1.165, 1.54) is 0 Å². The van der Waals surface area contributed by atoms with Gasteiger partial charge in [-0.2, -0.15) is 7.82 Å². The zero-order chi connectivity index (χ0) is 4.50. The average molecular weight is 232 g/mol. The molecule has 0 spiro atoms. The van der Waals surface area contributed by atoms with Crippen LogP contribution in [0.15, 0.2) is 0 Å². The second kappa shape index (κ2) is 9.12. The Hall–Kier alpha value is 2.12. The summed E-state index contributed by atoms with van der Waals surface area (Å²) in [6.45, 7) is 0. The molecule has 0 aliphatic heterocycles. The average Bonchev–Trinajstić information content (AvgIpc) is 0.722. The molecule has 0 atom stereocenters. The standard InChI is InChI=1S/Fe.Na.Ni.H3O4P/c;;;1-5(2,3)4/h;;;(H3,1,2,3,4)/q;+1;+2;/p-3.